The van der Waals surface area contributed by atoms with Crippen LogP contribution in [0.4, 0.5) is 0 Å². The average molecular weight is 1040 g/mol. The van der Waals surface area contributed by atoms with Gasteiger partial charge in [-0.05, 0) is 219 Å². The summed E-state index contributed by atoms with van der Waals surface area (Å²) in [5.41, 5.74) is 11.3. The van der Waals surface area contributed by atoms with Gasteiger partial charge in [0.15, 0.2) is 5.30 Å². The molecule has 1 atom stereocenters. The van der Waals surface area contributed by atoms with E-state index >= 15 is 0 Å². The number of ether oxygens (including phenoxy) is 6. The zero-order valence-corrected chi connectivity index (χ0v) is 47.7. The zero-order chi connectivity index (χ0) is 44.6. The Morgan fingerprint density at radius 2 is 0.554 bits per heavy atom. The summed E-state index contributed by atoms with van der Waals surface area (Å²) in [5.74, 6) is 9.29. The van der Waals surface area contributed by atoms with Crippen molar-refractivity contribution in [2.24, 2.45) is 0 Å². The van der Waals surface area contributed by atoms with Gasteiger partial charge in [0.2, 0.25) is 0 Å². The van der Waals surface area contributed by atoms with Crippen LogP contribution in [0.5, 0.6) is 0 Å². The molecule has 0 bridgehead atoms. The van der Waals surface area contributed by atoms with Crippen molar-refractivity contribution >= 4 is 70.5 Å². The van der Waals surface area contributed by atoms with E-state index < -0.39 is 0 Å². The van der Waals surface area contributed by atoms with E-state index in [1.54, 1.807) is 0 Å². The smallest absolute Gasteiger partial charge is 0.158 e. The standard InChI is InChI=1S/2C14H16P2.6C4H8O.2Li.Ru/c2*1-9-5-13(15-7-11(9)3)14-6-10(2)12(4)8-16-14;6*1-2-4-5-3-1;;;/h2*5-8H,1-4H3;6*1-4H2;;;/p+1. The molecule has 1 unspecified atom stereocenters. The SMILES string of the molecule is C1CCOC1.C1CCOC1.C1CCOC1.C1CCOC1.C1CCOC1.C1CCOC1.Cc1cpc(-c2cc(C)c(C)c[pH+]2)cc1C.Cc1cpc(-c2cc(C)c(C)cp2)cc1C.[Li].[Li].[Ru]. The van der Waals surface area contributed by atoms with Crippen LogP contribution in [0.1, 0.15) is 122 Å². The van der Waals surface area contributed by atoms with E-state index in [-0.39, 0.29) is 57.2 Å². The molecule has 0 N–H and O–H groups in total. The van der Waals surface area contributed by atoms with E-state index in [0.29, 0.717) is 0 Å². The summed E-state index contributed by atoms with van der Waals surface area (Å²) in [5, 5.41) is 5.89. The van der Waals surface area contributed by atoms with Gasteiger partial charge in [-0.15, -0.1) is 0 Å². The van der Waals surface area contributed by atoms with Crippen LogP contribution in [0.2, 0.25) is 0 Å². The van der Waals surface area contributed by atoms with Gasteiger partial charge >= 0.3 is 0 Å². The molecule has 6 aliphatic rings. The largest absolute Gasteiger partial charge is 0.381 e. The molecule has 6 fully saturated rings. The first kappa shape index (κ1) is 65.2. The van der Waals surface area contributed by atoms with Gasteiger partial charge in [0.1, 0.15) is 14.0 Å². The Morgan fingerprint density at radius 3 is 0.769 bits per heavy atom. The third-order valence-corrected chi connectivity index (χ3v) is 16.2. The normalized spacial score (nSPS) is 16.7. The molecule has 0 amide bonds. The van der Waals surface area contributed by atoms with Crippen LogP contribution in [0.3, 0.4) is 0 Å². The van der Waals surface area contributed by atoms with Crippen molar-refractivity contribution in [1.29, 1.82) is 0 Å². The first-order valence-electron chi connectivity index (χ1n) is 23.4. The van der Waals surface area contributed by atoms with Crippen molar-refractivity contribution in [3.05, 3.63) is 92.0 Å². The fourth-order valence-electron chi connectivity index (χ4n) is 6.18. The minimum Gasteiger partial charge on any atom is -0.381 e. The number of hydrogen-bond acceptors (Lipinski definition) is 6. The summed E-state index contributed by atoms with van der Waals surface area (Å²) in [6.07, 6.45) is 15.3. The van der Waals surface area contributed by atoms with E-state index in [0.717, 1.165) is 87.5 Å². The first-order valence-corrected chi connectivity index (χ1v) is 27.4. The molecule has 4 aromatic rings. The molecular formula is C52H81Li2O6P4Ru+. The van der Waals surface area contributed by atoms with Crippen LogP contribution < -0.4 is 0 Å². The summed E-state index contributed by atoms with van der Waals surface area (Å²) >= 11 is 0. The van der Waals surface area contributed by atoms with Crippen molar-refractivity contribution in [2.75, 3.05) is 79.3 Å². The van der Waals surface area contributed by atoms with Crippen LogP contribution in [0.25, 0.3) is 21.2 Å². The van der Waals surface area contributed by atoms with Gasteiger partial charge in [0.25, 0.3) is 0 Å². The van der Waals surface area contributed by atoms with Gasteiger partial charge in [0.05, 0.1) is 5.30 Å². The van der Waals surface area contributed by atoms with Gasteiger partial charge in [0, 0.05) is 147 Å². The molecule has 13 heteroatoms. The van der Waals surface area contributed by atoms with Crippen LogP contribution in [0, 0.1) is 55.4 Å². The van der Waals surface area contributed by atoms with Gasteiger partial charge in [-0.25, -0.2) is 0 Å². The molecule has 0 saturated carbocycles. The monoisotopic (exact) mass is 1040 g/mol. The molecule has 0 spiro atoms. The average Bonchev–Trinajstić information content (AvgIpc) is 4.16. The Bertz CT molecular complexity index is 1460. The Morgan fingerprint density at radius 1 is 0.323 bits per heavy atom. The zero-order valence-electron chi connectivity index (χ0n) is 42.2. The van der Waals surface area contributed by atoms with Crippen LogP contribution in [-0.2, 0) is 47.9 Å². The maximum absolute atomic E-state index is 4.94. The third-order valence-electron chi connectivity index (χ3n) is 11.0. The number of hydrogen-bond donors (Lipinski definition) is 0. The number of rotatable bonds is 2. The van der Waals surface area contributed by atoms with Gasteiger partial charge in [-0.2, -0.15) is 0 Å². The summed E-state index contributed by atoms with van der Waals surface area (Å²) in [6.45, 7) is 29.5. The van der Waals surface area contributed by atoms with Crippen molar-refractivity contribution in [3.8, 4) is 21.2 Å². The van der Waals surface area contributed by atoms with E-state index in [2.05, 4.69) is 103 Å². The second-order valence-electron chi connectivity index (χ2n) is 16.6. The molecule has 65 heavy (non-hydrogen) atoms. The molecule has 2 radical (unpaired) electrons. The van der Waals surface area contributed by atoms with Crippen LogP contribution in [-0.4, -0.2) is 117 Å². The van der Waals surface area contributed by atoms with Crippen LogP contribution in [0.15, 0.2) is 47.5 Å². The molecular weight excluding hydrogens is 959 g/mol. The summed E-state index contributed by atoms with van der Waals surface area (Å²) in [6, 6.07) is 9.36. The summed E-state index contributed by atoms with van der Waals surface area (Å²) in [7, 11) is 4.86. The molecule has 10 rings (SSSR count). The molecule has 6 nitrogen and oxygen atoms in total. The van der Waals surface area contributed by atoms with Crippen molar-refractivity contribution in [3.63, 3.8) is 0 Å². The maximum atomic E-state index is 4.94. The number of aryl methyl sites for hydroxylation is 8. The van der Waals surface area contributed by atoms with E-state index in [1.807, 2.05) is 0 Å². The topological polar surface area (TPSA) is 55.4 Å². The Hall–Kier alpha value is 0.178. The van der Waals surface area contributed by atoms with E-state index in [9.17, 15) is 0 Å². The fourth-order valence-corrected chi connectivity index (χ4v) is 11.0. The Balaban J connectivity index is 0.000000764. The molecule has 6 aliphatic heterocycles. The van der Waals surface area contributed by atoms with E-state index in [4.69, 9.17) is 28.4 Å². The Labute approximate surface area is 439 Å². The Kier molecular flexibility index (Phi) is 42.0. The third kappa shape index (κ3) is 30.5. The quantitative estimate of drug-likeness (QED) is 0.187. The molecule has 6 saturated heterocycles. The van der Waals surface area contributed by atoms with Gasteiger partial charge in [-0.3, -0.25) is 0 Å². The van der Waals surface area contributed by atoms with E-state index in [1.165, 1.54) is 167 Å². The fraction of sp³-hybridized carbons (Fsp3) is 0.615. The van der Waals surface area contributed by atoms with Crippen molar-refractivity contribution in [1.82, 2.24) is 0 Å². The molecule has 0 aromatic carbocycles. The second kappa shape index (κ2) is 41.9. The minimum absolute atomic E-state index is 0. The van der Waals surface area contributed by atoms with Crippen LogP contribution >= 0.6 is 32.8 Å². The van der Waals surface area contributed by atoms with Crippen molar-refractivity contribution < 1.29 is 47.9 Å². The van der Waals surface area contributed by atoms with Gasteiger partial charge < -0.3 is 28.4 Å². The summed E-state index contributed by atoms with van der Waals surface area (Å²) < 4.78 is 29.7. The second-order valence-corrected chi connectivity index (χ2v) is 20.7. The van der Waals surface area contributed by atoms with Gasteiger partial charge in [-0.1, -0.05) is 24.6 Å². The maximum Gasteiger partial charge on any atom is 0.158 e. The predicted molar refractivity (Wildman–Crippen MR) is 285 cm³/mol. The molecule has 354 valence electrons. The summed E-state index contributed by atoms with van der Waals surface area (Å²) in [4.78, 5) is 0. The molecule has 0 aliphatic carbocycles. The molecule has 4 aromatic heterocycles. The minimum atomic E-state index is 0. The first-order chi connectivity index (χ1) is 30.2. The van der Waals surface area contributed by atoms with Crippen molar-refractivity contribution in [2.45, 2.75) is 132 Å². The predicted octanol–water partition coefficient (Wildman–Crippen LogP) is 15.2. The molecule has 10 heterocycles.